The standard InChI is InChI=1S/C17H25F3N2O.C7H15NO/c1-4-6-12(7-5-2)11-22-16(21)13-8-14(17(18,19)20)10-15(9-13)23-3;1-5-6(9)8-7(2,3)4/h8-10,12H,4-7,11H2,1-3H3,(H2,21,22);5H2,1-4H3,(H,8,9). The lowest BCUT2D eigenvalue weighted by Gasteiger charge is -2.19. The van der Waals surface area contributed by atoms with Gasteiger partial charge < -0.3 is 15.8 Å². The van der Waals surface area contributed by atoms with E-state index in [0.29, 0.717) is 18.9 Å². The Morgan fingerprint density at radius 2 is 1.66 bits per heavy atom. The van der Waals surface area contributed by atoms with Gasteiger partial charge in [-0.2, -0.15) is 13.2 Å². The maximum atomic E-state index is 12.9. The highest BCUT2D eigenvalue weighted by Gasteiger charge is 2.31. The third-order valence-electron chi connectivity index (χ3n) is 4.51. The molecule has 0 bridgehead atoms. The van der Waals surface area contributed by atoms with Crippen LogP contribution in [-0.4, -0.2) is 30.9 Å². The van der Waals surface area contributed by atoms with Crippen molar-refractivity contribution in [3.63, 3.8) is 0 Å². The normalized spacial score (nSPS) is 12.3. The van der Waals surface area contributed by atoms with E-state index in [0.717, 1.165) is 37.8 Å². The van der Waals surface area contributed by atoms with Crippen LogP contribution in [0.3, 0.4) is 0 Å². The average molecular weight is 460 g/mol. The maximum absolute atomic E-state index is 12.9. The van der Waals surface area contributed by atoms with Gasteiger partial charge in [0.2, 0.25) is 5.91 Å². The van der Waals surface area contributed by atoms with E-state index in [-0.39, 0.29) is 28.6 Å². The lowest BCUT2D eigenvalue weighted by Crippen LogP contribution is -2.40. The fraction of sp³-hybridized carbons (Fsp3) is 0.667. The summed E-state index contributed by atoms with van der Waals surface area (Å²) >= 11 is 0. The Balaban J connectivity index is 0.000000900. The summed E-state index contributed by atoms with van der Waals surface area (Å²) in [6, 6.07) is 3.44. The number of rotatable bonds is 9. The van der Waals surface area contributed by atoms with Gasteiger partial charge in [0.1, 0.15) is 11.6 Å². The van der Waals surface area contributed by atoms with Crippen molar-refractivity contribution in [1.82, 2.24) is 5.32 Å². The zero-order chi connectivity index (χ0) is 24.9. The molecule has 3 N–H and O–H groups in total. The molecule has 1 aromatic carbocycles. The number of carbonyl (C=O) groups excluding carboxylic acids is 1. The number of hydrogen-bond donors (Lipinski definition) is 2. The highest BCUT2D eigenvalue weighted by Crippen LogP contribution is 2.32. The number of amides is 1. The fourth-order valence-electron chi connectivity index (χ4n) is 3.00. The third kappa shape index (κ3) is 12.6. The molecule has 0 radical (unpaired) electrons. The van der Waals surface area contributed by atoms with Crippen molar-refractivity contribution in [2.45, 2.75) is 85.4 Å². The van der Waals surface area contributed by atoms with Gasteiger partial charge in [-0.25, -0.2) is 0 Å². The minimum atomic E-state index is -4.45. The van der Waals surface area contributed by atoms with Gasteiger partial charge >= 0.3 is 6.18 Å². The molecule has 32 heavy (non-hydrogen) atoms. The van der Waals surface area contributed by atoms with Gasteiger partial charge in [0, 0.05) is 24.1 Å². The molecule has 0 aliphatic heterocycles. The Morgan fingerprint density at radius 1 is 1.09 bits per heavy atom. The number of aliphatic imine (C=N–C) groups is 1. The number of nitrogens with two attached hydrogens (primary N) is 1. The first-order valence-electron chi connectivity index (χ1n) is 11.1. The van der Waals surface area contributed by atoms with E-state index >= 15 is 0 Å². The Labute approximate surface area is 191 Å². The van der Waals surface area contributed by atoms with Crippen LogP contribution < -0.4 is 15.8 Å². The van der Waals surface area contributed by atoms with E-state index in [1.165, 1.54) is 13.2 Å². The minimum absolute atomic E-state index is 0.0763. The SMILES string of the molecule is CCC(=O)NC(C)(C)C.CCCC(CCC)CN=C(N)c1cc(OC)cc(C(F)(F)F)c1. The third-order valence-corrected chi connectivity index (χ3v) is 4.51. The Kier molecular flexibility index (Phi) is 13.0. The highest BCUT2D eigenvalue weighted by molar-refractivity contribution is 5.98. The number of hydrogen-bond acceptors (Lipinski definition) is 3. The molecule has 1 amide bonds. The fourth-order valence-corrected chi connectivity index (χ4v) is 3.00. The molecule has 184 valence electrons. The largest absolute Gasteiger partial charge is 0.497 e. The molecule has 0 saturated carbocycles. The van der Waals surface area contributed by atoms with E-state index < -0.39 is 11.7 Å². The van der Waals surface area contributed by atoms with Gasteiger partial charge in [-0.1, -0.05) is 33.6 Å². The number of alkyl halides is 3. The molecular weight excluding hydrogens is 419 g/mol. The van der Waals surface area contributed by atoms with Gasteiger partial charge in [0.05, 0.1) is 12.7 Å². The van der Waals surface area contributed by atoms with E-state index in [9.17, 15) is 18.0 Å². The van der Waals surface area contributed by atoms with E-state index in [1.807, 2.05) is 27.7 Å². The summed E-state index contributed by atoms with van der Waals surface area (Å²) in [5.41, 5.74) is 5.27. The van der Waals surface area contributed by atoms with Crippen molar-refractivity contribution >= 4 is 11.7 Å². The van der Waals surface area contributed by atoms with Crippen molar-refractivity contribution in [3.8, 4) is 5.75 Å². The first-order valence-corrected chi connectivity index (χ1v) is 11.1. The molecule has 0 aromatic heterocycles. The predicted octanol–water partition coefficient (Wildman–Crippen LogP) is 5.95. The number of amidine groups is 1. The van der Waals surface area contributed by atoms with Crippen LogP contribution in [-0.2, 0) is 11.0 Å². The summed E-state index contributed by atoms with van der Waals surface area (Å²) in [4.78, 5) is 15.0. The van der Waals surface area contributed by atoms with Crippen LogP contribution >= 0.6 is 0 Å². The summed E-state index contributed by atoms with van der Waals surface area (Å²) in [6.07, 6.45) is 0.301. The molecule has 8 heteroatoms. The zero-order valence-corrected chi connectivity index (χ0v) is 20.5. The van der Waals surface area contributed by atoms with Crippen LogP contribution in [0.15, 0.2) is 23.2 Å². The summed E-state index contributed by atoms with van der Waals surface area (Å²) in [5.74, 6) is 0.761. The van der Waals surface area contributed by atoms with E-state index in [4.69, 9.17) is 10.5 Å². The van der Waals surface area contributed by atoms with Crippen molar-refractivity contribution < 1.29 is 22.7 Å². The topological polar surface area (TPSA) is 76.7 Å². The van der Waals surface area contributed by atoms with Crippen LogP contribution in [0.1, 0.15) is 84.8 Å². The Morgan fingerprint density at radius 3 is 2.03 bits per heavy atom. The highest BCUT2D eigenvalue weighted by atomic mass is 19.4. The molecule has 0 heterocycles. The number of ether oxygens (including phenoxy) is 1. The van der Waals surface area contributed by atoms with E-state index in [2.05, 4.69) is 24.2 Å². The molecule has 0 unspecified atom stereocenters. The molecular formula is C24H40F3N3O2. The second-order valence-corrected chi connectivity index (χ2v) is 8.77. The van der Waals surface area contributed by atoms with Gasteiger partial charge in [0.15, 0.2) is 0 Å². The second kappa shape index (κ2) is 14.0. The monoisotopic (exact) mass is 459 g/mol. The second-order valence-electron chi connectivity index (χ2n) is 8.77. The van der Waals surface area contributed by atoms with Gasteiger partial charge in [0.25, 0.3) is 0 Å². The molecule has 0 aliphatic rings. The molecule has 0 aliphatic carbocycles. The molecule has 1 rings (SSSR count). The molecule has 0 spiro atoms. The van der Waals surface area contributed by atoms with Crippen LogP contribution in [0.25, 0.3) is 0 Å². The number of methoxy groups -OCH3 is 1. The lowest BCUT2D eigenvalue weighted by atomic mass is 9.98. The maximum Gasteiger partial charge on any atom is 0.416 e. The Bertz CT molecular complexity index is 720. The van der Waals surface area contributed by atoms with Crippen molar-refractivity contribution in [2.24, 2.45) is 16.6 Å². The van der Waals surface area contributed by atoms with E-state index in [1.54, 1.807) is 0 Å². The number of benzene rings is 1. The summed E-state index contributed by atoms with van der Waals surface area (Å²) in [5, 5.41) is 2.83. The van der Waals surface area contributed by atoms with Crippen LogP contribution in [0.5, 0.6) is 5.75 Å². The van der Waals surface area contributed by atoms with Crippen LogP contribution in [0.2, 0.25) is 0 Å². The average Bonchev–Trinajstić information content (AvgIpc) is 2.70. The summed E-state index contributed by atoms with van der Waals surface area (Å²) in [6.45, 7) is 12.5. The smallest absolute Gasteiger partial charge is 0.416 e. The zero-order valence-electron chi connectivity index (χ0n) is 20.5. The summed E-state index contributed by atoms with van der Waals surface area (Å²) in [7, 11) is 1.32. The Hall–Kier alpha value is -2.25. The quantitative estimate of drug-likeness (QED) is 0.354. The molecule has 0 atom stereocenters. The van der Waals surface area contributed by atoms with Gasteiger partial charge in [-0.15, -0.1) is 0 Å². The first kappa shape index (κ1) is 29.8. The number of halogens is 3. The first-order chi connectivity index (χ1) is 14.8. The number of nitrogens with zero attached hydrogens (tertiary/aromatic N) is 1. The number of carbonyl (C=O) groups is 1. The molecule has 5 nitrogen and oxygen atoms in total. The van der Waals surface area contributed by atoms with Crippen LogP contribution in [0, 0.1) is 5.92 Å². The minimum Gasteiger partial charge on any atom is -0.497 e. The molecule has 0 saturated heterocycles. The molecule has 0 fully saturated rings. The van der Waals surface area contributed by atoms with Gasteiger partial charge in [-0.05, 0) is 57.7 Å². The van der Waals surface area contributed by atoms with Gasteiger partial charge in [-0.3, -0.25) is 9.79 Å². The summed E-state index contributed by atoms with van der Waals surface area (Å²) < 4.78 is 43.7. The predicted molar refractivity (Wildman–Crippen MR) is 125 cm³/mol. The lowest BCUT2D eigenvalue weighted by molar-refractivity contribution is -0.137. The van der Waals surface area contributed by atoms with Crippen molar-refractivity contribution in [1.29, 1.82) is 0 Å². The number of nitrogens with one attached hydrogen (secondary N) is 1. The van der Waals surface area contributed by atoms with Crippen molar-refractivity contribution in [2.75, 3.05) is 13.7 Å². The molecule has 1 aromatic rings. The van der Waals surface area contributed by atoms with Crippen molar-refractivity contribution in [3.05, 3.63) is 29.3 Å². The van der Waals surface area contributed by atoms with Crippen LogP contribution in [0.4, 0.5) is 13.2 Å².